The minimum absolute atomic E-state index is 0.0474. The lowest BCUT2D eigenvalue weighted by Crippen LogP contribution is -2.38. The molecule has 0 radical (unpaired) electrons. The van der Waals surface area contributed by atoms with Gasteiger partial charge in [-0.15, -0.1) is 5.10 Å². The highest BCUT2D eigenvalue weighted by Crippen LogP contribution is 2.23. The number of nitrogens with zero attached hydrogens (tertiary/aromatic N) is 5. The summed E-state index contributed by atoms with van der Waals surface area (Å²) in [4.78, 5) is 14.5. The SMILES string of the molecule is O=C(Cn1nnnc1COc1ccccc1Cl)NCCCN1CCOCC1. The summed E-state index contributed by atoms with van der Waals surface area (Å²) in [5.74, 6) is 0.864. The van der Waals surface area contributed by atoms with Crippen molar-refractivity contribution in [3.05, 3.63) is 35.1 Å². The van der Waals surface area contributed by atoms with Gasteiger partial charge in [0.25, 0.3) is 0 Å². The van der Waals surface area contributed by atoms with Crippen molar-refractivity contribution in [2.75, 3.05) is 39.4 Å². The Balaban J connectivity index is 1.39. The summed E-state index contributed by atoms with van der Waals surface area (Å²) in [5, 5.41) is 14.8. The van der Waals surface area contributed by atoms with E-state index in [1.807, 2.05) is 12.1 Å². The number of carbonyl (C=O) groups excluding carboxylic acids is 1. The molecule has 0 bridgehead atoms. The molecule has 2 heterocycles. The fourth-order valence-electron chi connectivity index (χ4n) is 2.70. The van der Waals surface area contributed by atoms with Crippen LogP contribution >= 0.6 is 11.6 Å². The van der Waals surface area contributed by atoms with Gasteiger partial charge >= 0.3 is 0 Å². The van der Waals surface area contributed by atoms with Crippen LogP contribution in [-0.2, 0) is 22.7 Å². The molecule has 3 rings (SSSR count). The Morgan fingerprint density at radius 2 is 2.11 bits per heavy atom. The van der Waals surface area contributed by atoms with Gasteiger partial charge < -0.3 is 14.8 Å². The van der Waals surface area contributed by atoms with E-state index in [0.29, 0.717) is 23.1 Å². The highest BCUT2D eigenvalue weighted by Gasteiger charge is 2.13. The second-order valence-electron chi connectivity index (χ2n) is 6.13. The molecule has 1 aromatic heterocycles. The van der Waals surface area contributed by atoms with Crippen LogP contribution in [-0.4, -0.2) is 70.4 Å². The van der Waals surface area contributed by atoms with Crippen LogP contribution in [0.3, 0.4) is 0 Å². The number of halogens is 1. The lowest BCUT2D eigenvalue weighted by atomic mass is 10.3. The van der Waals surface area contributed by atoms with E-state index in [9.17, 15) is 4.79 Å². The number of para-hydroxylation sites is 1. The molecule has 0 spiro atoms. The highest BCUT2D eigenvalue weighted by molar-refractivity contribution is 6.32. The monoisotopic (exact) mass is 394 g/mol. The van der Waals surface area contributed by atoms with E-state index in [1.54, 1.807) is 12.1 Å². The standard InChI is InChI=1S/C17H23ClN6O3/c18-14-4-1-2-5-15(14)27-13-16-20-21-22-24(16)12-17(25)19-6-3-7-23-8-10-26-11-9-23/h1-2,4-5H,3,6-13H2,(H,19,25). The number of tetrazole rings is 1. The topological polar surface area (TPSA) is 94.4 Å². The van der Waals surface area contributed by atoms with Crippen molar-refractivity contribution in [2.24, 2.45) is 0 Å². The number of benzene rings is 1. The number of aromatic nitrogens is 4. The smallest absolute Gasteiger partial charge is 0.241 e. The number of hydrogen-bond acceptors (Lipinski definition) is 7. The number of carbonyl (C=O) groups is 1. The Hall–Kier alpha value is -2.23. The lowest BCUT2D eigenvalue weighted by molar-refractivity contribution is -0.121. The maximum Gasteiger partial charge on any atom is 0.241 e. The number of nitrogens with one attached hydrogen (secondary N) is 1. The Morgan fingerprint density at radius 3 is 2.93 bits per heavy atom. The maximum atomic E-state index is 12.1. The number of amides is 1. The van der Waals surface area contributed by atoms with E-state index in [4.69, 9.17) is 21.1 Å². The van der Waals surface area contributed by atoms with Crippen LogP contribution in [0.15, 0.2) is 24.3 Å². The summed E-state index contributed by atoms with van der Waals surface area (Å²) in [6, 6.07) is 7.15. The van der Waals surface area contributed by atoms with Gasteiger partial charge in [-0.25, -0.2) is 4.68 Å². The summed E-state index contributed by atoms with van der Waals surface area (Å²) in [7, 11) is 0. The molecule has 27 heavy (non-hydrogen) atoms. The van der Waals surface area contributed by atoms with Crippen molar-refractivity contribution in [1.82, 2.24) is 30.4 Å². The lowest BCUT2D eigenvalue weighted by Gasteiger charge is -2.26. The molecule has 0 aliphatic carbocycles. The van der Waals surface area contributed by atoms with E-state index in [0.717, 1.165) is 39.3 Å². The first kappa shape index (κ1) is 19.5. The summed E-state index contributed by atoms with van der Waals surface area (Å²) in [6.45, 7) is 5.21. The average molecular weight is 395 g/mol. The molecule has 0 saturated carbocycles. The van der Waals surface area contributed by atoms with E-state index in [1.165, 1.54) is 4.68 Å². The molecular weight excluding hydrogens is 372 g/mol. The molecule has 1 saturated heterocycles. The van der Waals surface area contributed by atoms with Gasteiger partial charge in [0.15, 0.2) is 5.82 Å². The Labute approximate surface area is 162 Å². The van der Waals surface area contributed by atoms with Gasteiger partial charge in [0.05, 0.1) is 18.2 Å². The molecule has 1 aliphatic rings. The van der Waals surface area contributed by atoms with Crippen LogP contribution in [0.5, 0.6) is 5.75 Å². The van der Waals surface area contributed by atoms with E-state index in [2.05, 4.69) is 25.7 Å². The van der Waals surface area contributed by atoms with Crippen LogP contribution < -0.4 is 10.1 Å². The summed E-state index contributed by atoms with van der Waals surface area (Å²) in [6.07, 6.45) is 0.893. The van der Waals surface area contributed by atoms with Crippen molar-refractivity contribution in [3.63, 3.8) is 0 Å². The molecule has 1 N–H and O–H groups in total. The maximum absolute atomic E-state index is 12.1. The second-order valence-corrected chi connectivity index (χ2v) is 6.54. The van der Waals surface area contributed by atoms with Crippen LogP contribution in [0, 0.1) is 0 Å². The predicted molar refractivity (Wildman–Crippen MR) is 98.5 cm³/mol. The third kappa shape index (κ3) is 6.16. The van der Waals surface area contributed by atoms with Crippen LogP contribution in [0.2, 0.25) is 5.02 Å². The Morgan fingerprint density at radius 1 is 1.30 bits per heavy atom. The van der Waals surface area contributed by atoms with Crippen LogP contribution in [0.4, 0.5) is 0 Å². The fraction of sp³-hybridized carbons (Fsp3) is 0.529. The first-order valence-electron chi connectivity index (χ1n) is 8.91. The third-order valence-electron chi connectivity index (χ3n) is 4.17. The van der Waals surface area contributed by atoms with E-state index < -0.39 is 0 Å². The van der Waals surface area contributed by atoms with Crippen molar-refractivity contribution < 1.29 is 14.3 Å². The average Bonchev–Trinajstić information content (AvgIpc) is 3.12. The molecule has 1 aromatic carbocycles. The van der Waals surface area contributed by atoms with Crippen molar-refractivity contribution in [3.8, 4) is 5.75 Å². The second kappa shape index (κ2) is 10.2. The summed E-state index contributed by atoms with van der Waals surface area (Å²) >= 11 is 6.06. The number of ether oxygens (including phenoxy) is 2. The molecule has 0 atom stereocenters. The Bertz CT molecular complexity index is 735. The van der Waals surface area contributed by atoms with Gasteiger partial charge in [-0.2, -0.15) is 0 Å². The number of morpholine rings is 1. The minimum Gasteiger partial charge on any atom is -0.484 e. The van der Waals surface area contributed by atoms with Crippen LogP contribution in [0.25, 0.3) is 0 Å². The molecule has 146 valence electrons. The van der Waals surface area contributed by atoms with E-state index in [-0.39, 0.29) is 19.1 Å². The zero-order valence-corrected chi connectivity index (χ0v) is 15.8. The summed E-state index contributed by atoms with van der Waals surface area (Å²) in [5.41, 5.74) is 0. The van der Waals surface area contributed by atoms with Crippen molar-refractivity contribution >= 4 is 17.5 Å². The van der Waals surface area contributed by atoms with Gasteiger partial charge in [-0.3, -0.25) is 9.69 Å². The van der Waals surface area contributed by atoms with Crippen molar-refractivity contribution in [1.29, 1.82) is 0 Å². The highest BCUT2D eigenvalue weighted by atomic mass is 35.5. The molecular formula is C17H23ClN6O3. The molecule has 1 amide bonds. The van der Waals surface area contributed by atoms with Gasteiger partial charge in [0.1, 0.15) is 18.9 Å². The molecule has 1 aliphatic heterocycles. The fourth-order valence-corrected chi connectivity index (χ4v) is 2.89. The molecule has 1 fully saturated rings. The number of rotatable bonds is 9. The quantitative estimate of drug-likeness (QED) is 0.627. The third-order valence-corrected chi connectivity index (χ3v) is 4.48. The number of hydrogen-bond donors (Lipinski definition) is 1. The van der Waals surface area contributed by atoms with Crippen molar-refractivity contribution in [2.45, 2.75) is 19.6 Å². The molecule has 2 aromatic rings. The van der Waals surface area contributed by atoms with E-state index >= 15 is 0 Å². The largest absolute Gasteiger partial charge is 0.484 e. The van der Waals surface area contributed by atoms with Gasteiger partial charge in [0, 0.05) is 19.6 Å². The van der Waals surface area contributed by atoms with Crippen LogP contribution in [0.1, 0.15) is 12.2 Å². The first-order valence-corrected chi connectivity index (χ1v) is 9.29. The zero-order chi connectivity index (χ0) is 18.9. The molecule has 0 unspecified atom stereocenters. The summed E-state index contributed by atoms with van der Waals surface area (Å²) < 4.78 is 12.4. The minimum atomic E-state index is -0.136. The Kier molecular flexibility index (Phi) is 7.37. The predicted octanol–water partition coefficient (Wildman–Crippen LogP) is 0.744. The normalized spacial score (nSPS) is 14.9. The molecule has 10 heteroatoms. The molecule has 9 nitrogen and oxygen atoms in total. The zero-order valence-electron chi connectivity index (χ0n) is 15.0. The van der Waals surface area contributed by atoms with Gasteiger partial charge in [-0.05, 0) is 35.5 Å². The first-order chi connectivity index (χ1) is 13.2. The van der Waals surface area contributed by atoms with Gasteiger partial charge in [0.2, 0.25) is 5.91 Å². The van der Waals surface area contributed by atoms with Gasteiger partial charge in [-0.1, -0.05) is 23.7 Å².